The van der Waals surface area contributed by atoms with Gasteiger partial charge in [0, 0.05) is 39.5 Å². The Morgan fingerprint density at radius 1 is 0.667 bits per heavy atom. The molecular formula is C35H42Cl2O8. The maximum absolute atomic E-state index is 11.9. The maximum Gasteiger partial charge on any atom is 0.302 e. The van der Waals surface area contributed by atoms with Crippen LogP contribution in [0.25, 0.3) is 0 Å². The van der Waals surface area contributed by atoms with Gasteiger partial charge in [-0.2, -0.15) is 0 Å². The Hall–Kier alpha value is -2.72. The summed E-state index contributed by atoms with van der Waals surface area (Å²) in [5, 5.41) is -0.942. The summed E-state index contributed by atoms with van der Waals surface area (Å²) in [5.41, 5.74) is 4.05. The van der Waals surface area contributed by atoms with Gasteiger partial charge in [0.05, 0.1) is 36.2 Å². The van der Waals surface area contributed by atoms with Gasteiger partial charge >= 0.3 is 11.9 Å². The highest BCUT2D eigenvalue weighted by Gasteiger charge is 2.33. The lowest BCUT2D eigenvalue weighted by Crippen LogP contribution is -2.29. The Balaban J connectivity index is 1.40. The predicted octanol–water partition coefficient (Wildman–Crippen LogP) is 7.01. The van der Waals surface area contributed by atoms with Crippen LogP contribution in [0.1, 0.15) is 57.1 Å². The third-order valence-electron chi connectivity index (χ3n) is 7.54. The Labute approximate surface area is 275 Å². The van der Waals surface area contributed by atoms with Gasteiger partial charge in [0.2, 0.25) is 0 Å². The molecule has 0 amide bonds. The lowest BCUT2D eigenvalue weighted by Gasteiger charge is -2.23. The molecule has 0 radical (unpaired) electrons. The van der Waals surface area contributed by atoms with Crippen molar-refractivity contribution in [3.8, 4) is 0 Å². The topological polar surface area (TPSA) is 89.5 Å². The van der Waals surface area contributed by atoms with E-state index in [0.29, 0.717) is 45.3 Å². The summed E-state index contributed by atoms with van der Waals surface area (Å²) in [6, 6.07) is 19.6. The molecule has 0 aliphatic heterocycles. The largest absolute Gasteiger partial charge is 0.462 e. The van der Waals surface area contributed by atoms with Gasteiger partial charge in [0.15, 0.2) is 0 Å². The van der Waals surface area contributed by atoms with E-state index in [0.717, 1.165) is 22.3 Å². The molecule has 2 aliphatic carbocycles. The molecule has 2 aliphatic rings. The van der Waals surface area contributed by atoms with Crippen LogP contribution in [0.5, 0.6) is 0 Å². The quantitative estimate of drug-likeness (QED) is 0.0703. The van der Waals surface area contributed by atoms with Crippen LogP contribution in [-0.4, -0.2) is 60.7 Å². The molecule has 0 heterocycles. The minimum absolute atomic E-state index is 0.0539. The Morgan fingerprint density at radius 3 is 1.44 bits per heavy atom. The fourth-order valence-corrected chi connectivity index (χ4v) is 6.30. The van der Waals surface area contributed by atoms with Gasteiger partial charge < -0.3 is 28.4 Å². The van der Waals surface area contributed by atoms with E-state index in [2.05, 4.69) is 0 Å². The highest BCUT2D eigenvalue weighted by atomic mass is 35.5. The van der Waals surface area contributed by atoms with E-state index in [1.165, 1.54) is 13.8 Å². The van der Waals surface area contributed by atoms with Gasteiger partial charge in [-0.1, -0.05) is 84.0 Å². The van der Waals surface area contributed by atoms with Crippen molar-refractivity contribution in [1.82, 2.24) is 0 Å². The molecule has 10 heteroatoms. The van der Waals surface area contributed by atoms with Crippen molar-refractivity contribution in [3.05, 3.63) is 95.1 Å². The van der Waals surface area contributed by atoms with Crippen LogP contribution in [-0.2, 0) is 51.2 Å². The molecule has 0 bridgehead atoms. The summed E-state index contributed by atoms with van der Waals surface area (Å²) in [4.78, 5) is 23.9. The molecule has 0 unspecified atom stereocenters. The van der Waals surface area contributed by atoms with E-state index in [1.807, 2.05) is 72.8 Å². The van der Waals surface area contributed by atoms with Crippen molar-refractivity contribution in [2.24, 2.45) is 0 Å². The molecule has 0 N–H and O–H groups in total. The average Bonchev–Trinajstić information content (AvgIpc) is 3.23. The zero-order valence-electron chi connectivity index (χ0n) is 25.8. The first kappa shape index (κ1) is 35.1. The summed E-state index contributed by atoms with van der Waals surface area (Å²) in [6.45, 7) is 3.72. The second-order valence-corrected chi connectivity index (χ2v) is 12.4. The molecular weight excluding hydrogens is 619 g/mol. The molecule has 2 aromatic rings. The number of alkyl halides is 2. The monoisotopic (exact) mass is 660 g/mol. The fraction of sp³-hybridized carbons (Fsp3) is 0.486. The molecule has 244 valence electrons. The third kappa shape index (κ3) is 12.5. The van der Waals surface area contributed by atoms with Gasteiger partial charge in [-0.15, -0.1) is 23.2 Å². The lowest BCUT2D eigenvalue weighted by atomic mass is 9.96. The van der Waals surface area contributed by atoms with E-state index in [4.69, 9.17) is 51.6 Å². The van der Waals surface area contributed by atoms with Crippen molar-refractivity contribution < 1.29 is 38.0 Å². The lowest BCUT2D eigenvalue weighted by molar-refractivity contribution is -0.151. The van der Waals surface area contributed by atoms with Crippen molar-refractivity contribution in [3.63, 3.8) is 0 Å². The van der Waals surface area contributed by atoms with Crippen LogP contribution in [0.2, 0.25) is 0 Å². The second kappa shape index (κ2) is 18.4. The normalized spacial score (nSPS) is 25.3. The standard InChI is InChI=1S/C35H42Cl2O8/c1-24(38)44-30-14-28(16-32(36)34(18-30)42-22-40-20-26-9-5-3-6-10-26)13-29-15-31(45-25(2)39)19-35(33(37)17-29)43-23-41-21-27-11-7-4-8-12-27/h3-12,16-17,30-35H,13-15,18-23H2,1-2H3/t30-,31-,32-,33-,34-,35-/m1/s1. The van der Waals surface area contributed by atoms with Gasteiger partial charge in [-0.05, 0) is 17.5 Å². The van der Waals surface area contributed by atoms with E-state index in [1.54, 1.807) is 0 Å². The van der Waals surface area contributed by atoms with Crippen LogP contribution in [0, 0.1) is 0 Å². The van der Waals surface area contributed by atoms with Gasteiger partial charge in [0.1, 0.15) is 25.8 Å². The third-order valence-corrected chi connectivity index (χ3v) is 8.36. The van der Waals surface area contributed by atoms with Crippen LogP contribution in [0.4, 0.5) is 0 Å². The van der Waals surface area contributed by atoms with Crippen molar-refractivity contribution in [2.75, 3.05) is 13.6 Å². The zero-order valence-corrected chi connectivity index (χ0v) is 27.3. The summed E-state index contributed by atoms with van der Waals surface area (Å²) >= 11 is 13.7. The first-order valence-electron chi connectivity index (χ1n) is 15.2. The molecule has 0 saturated carbocycles. The molecule has 6 atom stereocenters. The summed E-state index contributed by atoms with van der Waals surface area (Å²) in [6.07, 6.45) is 4.61. The van der Waals surface area contributed by atoms with Crippen molar-refractivity contribution in [1.29, 1.82) is 0 Å². The highest BCUT2D eigenvalue weighted by Crippen LogP contribution is 2.34. The van der Waals surface area contributed by atoms with Crippen LogP contribution >= 0.6 is 23.2 Å². The number of ether oxygens (including phenoxy) is 6. The molecule has 0 spiro atoms. The first-order valence-corrected chi connectivity index (χ1v) is 16.1. The Bertz CT molecular complexity index is 1170. The average molecular weight is 662 g/mol. The molecule has 4 rings (SSSR count). The Kier molecular flexibility index (Phi) is 14.4. The van der Waals surface area contributed by atoms with E-state index < -0.39 is 35.2 Å². The first-order chi connectivity index (χ1) is 21.7. The van der Waals surface area contributed by atoms with Crippen LogP contribution in [0.3, 0.4) is 0 Å². The summed E-state index contributed by atoms with van der Waals surface area (Å²) < 4.78 is 34.8. The number of halogens is 2. The minimum atomic E-state index is -0.471. The number of esters is 2. The summed E-state index contributed by atoms with van der Waals surface area (Å²) in [7, 11) is 0. The molecule has 2 aromatic carbocycles. The van der Waals surface area contributed by atoms with E-state index >= 15 is 0 Å². The SMILES string of the molecule is CC(=O)O[C@@H]1CC(CC2=C[C@@H](Cl)[C@H](OCOCc3ccccc3)C[C@H](OC(C)=O)C2)=C[C@@H](Cl)[C@H](OCOCc2ccccc2)C1. The number of benzene rings is 2. The molecule has 8 nitrogen and oxygen atoms in total. The number of hydrogen-bond acceptors (Lipinski definition) is 8. The number of hydrogen-bond donors (Lipinski definition) is 0. The minimum Gasteiger partial charge on any atom is -0.462 e. The Morgan fingerprint density at radius 2 is 1.07 bits per heavy atom. The molecule has 45 heavy (non-hydrogen) atoms. The van der Waals surface area contributed by atoms with Crippen LogP contribution in [0.15, 0.2) is 84.0 Å². The summed E-state index contributed by atoms with van der Waals surface area (Å²) in [5.74, 6) is -0.740. The van der Waals surface area contributed by atoms with E-state index in [-0.39, 0.29) is 25.5 Å². The van der Waals surface area contributed by atoms with Gasteiger partial charge in [0.25, 0.3) is 0 Å². The second-order valence-electron chi connectivity index (χ2n) is 11.4. The maximum atomic E-state index is 11.9. The number of carbonyl (C=O) groups is 2. The number of carbonyl (C=O) groups excluding carboxylic acids is 2. The molecule has 0 aromatic heterocycles. The van der Waals surface area contributed by atoms with Gasteiger partial charge in [-0.25, -0.2) is 0 Å². The molecule has 0 fully saturated rings. The smallest absolute Gasteiger partial charge is 0.302 e. The zero-order chi connectivity index (χ0) is 32.0. The van der Waals surface area contributed by atoms with E-state index in [9.17, 15) is 9.59 Å². The van der Waals surface area contributed by atoms with Crippen LogP contribution < -0.4 is 0 Å². The molecule has 0 saturated heterocycles. The predicted molar refractivity (Wildman–Crippen MR) is 172 cm³/mol. The van der Waals surface area contributed by atoms with Crippen molar-refractivity contribution >= 4 is 35.1 Å². The van der Waals surface area contributed by atoms with Gasteiger partial charge in [-0.3, -0.25) is 9.59 Å². The highest BCUT2D eigenvalue weighted by molar-refractivity contribution is 6.22. The number of rotatable bonds is 14. The van der Waals surface area contributed by atoms with Crippen molar-refractivity contribution in [2.45, 2.75) is 94.3 Å². The fourth-order valence-electron chi connectivity index (χ4n) is 5.59.